The van der Waals surface area contributed by atoms with Crippen LogP contribution in [0.1, 0.15) is 22.4 Å². The lowest BCUT2D eigenvalue weighted by atomic mass is 10.3. The van der Waals surface area contributed by atoms with Gasteiger partial charge in [-0.05, 0) is 30.5 Å². The zero-order valence-corrected chi connectivity index (χ0v) is 9.87. The molecule has 2 rings (SSSR count). The Hall–Kier alpha value is -1.55. The van der Waals surface area contributed by atoms with E-state index in [9.17, 15) is 4.79 Å². The lowest BCUT2D eigenvalue weighted by Gasteiger charge is -2.18. The number of hydrogen-bond acceptors (Lipinski definition) is 3. The molecular formula is C12H13NO2S. The number of carbonyl (C=O) groups is 1. The second kappa shape index (κ2) is 4.99. The number of amides is 1. The average Bonchev–Trinajstić information content (AvgIpc) is 2.97. The third-order valence-electron chi connectivity index (χ3n) is 2.33. The van der Waals surface area contributed by atoms with Gasteiger partial charge in [0.15, 0.2) is 5.76 Å². The summed E-state index contributed by atoms with van der Waals surface area (Å²) in [4.78, 5) is 15.0. The molecule has 0 aliphatic rings. The van der Waals surface area contributed by atoms with Crippen molar-refractivity contribution >= 4 is 17.2 Å². The zero-order chi connectivity index (χ0) is 11.4. The number of hydrogen-bond donors (Lipinski definition) is 0. The number of nitrogens with zero attached hydrogens (tertiary/aromatic N) is 1. The van der Waals surface area contributed by atoms with Gasteiger partial charge in [-0.2, -0.15) is 0 Å². The van der Waals surface area contributed by atoms with E-state index in [1.807, 2.05) is 24.4 Å². The van der Waals surface area contributed by atoms with E-state index >= 15 is 0 Å². The molecule has 3 nitrogen and oxygen atoms in total. The summed E-state index contributed by atoms with van der Waals surface area (Å²) in [5, 5.41) is 2.01. The molecule has 84 valence electrons. The summed E-state index contributed by atoms with van der Waals surface area (Å²) in [5.41, 5.74) is 0. The third-order valence-corrected chi connectivity index (χ3v) is 3.19. The maximum Gasteiger partial charge on any atom is 0.289 e. The minimum Gasteiger partial charge on any atom is -0.459 e. The van der Waals surface area contributed by atoms with Gasteiger partial charge in [0.05, 0.1) is 12.8 Å². The number of thiophene rings is 1. The van der Waals surface area contributed by atoms with Crippen molar-refractivity contribution in [1.29, 1.82) is 0 Å². The summed E-state index contributed by atoms with van der Waals surface area (Å²) in [5.74, 6) is 0.347. The van der Waals surface area contributed by atoms with Gasteiger partial charge in [-0.25, -0.2) is 0 Å². The van der Waals surface area contributed by atoms with Crippen LogP contribution in [0.5, 0.6) is 0 Å². The predicted octanol–water partition coefficient (Wildman–Crippen LogP) is 3.00. The van der Waals surface area contributed by atoms with E-state index in [0.717, 1.165) is 0 Å². The van der Waals surface area contributed by atoms with Gasteiger partial charge in [0.2, 0.25) is 0 Å². The maximum atomic E-state index is 12.0. The van der Waals surface area contributed by atoms with Gasteiger partial charge in [0.1, 0.15) is 0 Å². The highest BCUT2D eigenvalue weighted by molar-refractivity contribution is 7.09. The molecule has 0 radical (unpaired) electrons. The minimum absolute atomic E-state index is 0.0547. The molecule has 2 heterocycles. The molecule has 0 unspecified atom stereocenters. The van der Waals surface area contributed by atoms with E-state index in [2.05, 4.69) is 0 Å². The molecule has 0 N–H and O–H groups in total. The molecule has 0 atom stereocenters. The largest absolute Gasteiger partial charge is 0.459 e. The maximum absolute atomic E-state index is 12.0. The van der Waals surface area contributed by atoms with Crippen LogP contribution >= 0.6 is 11.3 Å². The van der Waals surface area contributed by atoms with Crippen molar-refractivity contribution < 1.29 is 9.21 Å². The van der Waals surface area contributed by atoms with Crippen molar-refractivity contribution in [3.63, 3.8) is 0 Å². The lowest BCUT2D eigenvalue weighted by Crippen LogP contribution is -2.29. The van der Waals surface area contributed by atoms with Gasteiger partial charge in [-0.3, -0.25) is 4.79 Å². The van der Waals surface area contributed by atoms with Crippen LogP contribution in [0.3, 0.4) is 0 Å². The smallest absolute Gasteiger partial charge is 0.289 e. The Balaban J connectivity index is 2.08. The van der Waals surface area contributed by atoms with Crippen LogP contribution in [0.2, 0.25) is 0 Å². The molecule has 4 heteroatoms. The van der Waals surface area contributed by atoms with Gasteiger partial charge in [-0.15, -0.1) is 11.3 Å². The fourth-order valence-electron chi connectivity index (χ4n) is 1.47. The highest BCUT2D eigenvalue weighted by Gasteiger charge is 2.16. The normalized spacial score (nSPS) is 10.3. The Morgan fingerprint density at radius 1 is 1.44 bits per heavy atom. The SMILES string of the molecule is CCN(Cc1cccs1)C(=O)c1ccco1. The molecule has 0 aliphatic carbocycles. The van der Waals surface area contributed by atoms with Crippen molar-refractivity contribution in [2.75, 3.05) is 6.54 Å². The zero-order valence-electron chi connectivity index (χ0n) is 9.05. The molecule has 0 spiro atoms. The fraction of sp³-hybridized carbons (Fsp3) is 0.250. The van der Waals surface area contributed by atoms with Crippen molar-refractivity contribution in [3.05, 3.63) is 46.5 Å². The number of rotatable bonds is 4. The standard InChI is InChI=1S/C12H13NO2S/c1-2-13(9-10-5-4-8-16-10)12(14)11-6-3-7-15-11/h3-8H,2,9H2,1H3. The van der Waals surface area contributed by atoms with Crippen LogP contribution in [0.15, 0.2) is 40.3 Å². The Morgan fingerprint density at radius 3 is 2.88 bits per heavy atom. The Morgan fingerprint density at radius 2 is 2.31 bits per heavy atom. The van der Waals surface area contributed by atoms with E-state index in [-0.39, 0.29) is 5.91 Å². The second-order valence-corrected chi connectivity index (χ2v) is 4.41. The molecule has 2 aromatic rings. The van der Waals surface area contributed by atoms with Crippen LogP contribution in [-0.2, 0) is 6.54 Å². The molecule has 0 bridgehead atoms. The van der Waals surface area contributed by atoms with Gasteiger partial charge >= 0.3 is 0 Å². The van der Waals surface area contributed by atoms with Crippen LogP contribution < -0.4 is 0 Å². The Labute approximate surface area is 98.3 Å². The van der Waals surface area contributed by atoms with Gasteiger partial charge in [-0.1, -0.05) is 6.07 Å². The van der Waals surface area contributed by atoms with E-state index in [1.165, 1.54) is 11.1 Å². The molecule has 0 saturated heterocycles. The monoisotopic (exact) mass is 235 g/mol. The summed E-state index contributed by atoms with van der Waals surface area (Å²) >= 11 is 1.66. The summed E-state index contributed by atoms with van der Waals surface area (Å²) < 4.78 is 5.11. The van der Waals surface area contributed by atoms with Crippen molar-refractivity contribution in [2.24, 2.45) is 0 Å². The Kier molecular flexibility index (Phi) is 3.41. The number of furan rings is 1. The third kappa shape index (κ3) is 2.33. The topological polar surface area (TPSA) is 33.5 Å². The first kappa shape index (κ1) is 11.0. The number of carbonyl (C=O) groups excluding carboxylic acids is 1. The molecule has 1 amide bonds. The van der Waals surface area contributed by atoms with E-state index in [1.54, 1.807) is 28.4 Å². The fourth-order valence-corrected chi connectivity index (χ4v) is 2.19. The van der Waals surface area contributed by atoms with E-state index < -0.39 is 0 Å². The molecule has 0 aromatic carbocycles. The predicted molar refractivity (Wildman–Crippen MR) is 63.4 cm³/mol. The van der Waals surface area contributed by atoms with Gasteiger partial charge < -0.3 is 9.32 Å². The first-order chi connectivity index (χ1) is 7.81. The van der Waals surface area contributed by atoms with Gasteiger partial charge in [0.25, 0.3) is 5.91 Å². The van der Waals surface area contributed by atoms with Gasteiger partial charge in [0, 0.05) is 11.4 Å². The summed E-state index contributed by atoms with van der Waals surface area (Å²) in [6.07, 6.45) is 1.52. The highest BCUT2D eigenvalue weighted by atomic mass is 32.1. The molecule has 0 saturated carbocycles. The van der Waals surface area contributed by atoms with Crippen molar-refractivity contribution in [2.45, 2.75) is 13.5 Å². The van der Waals surface area contributed by atoms with E-state index in [4.69, 9.17) is 4.42 Å². The highest BCUT2D eigenvalue weighted by Crippen LogP contribution is 2.14. The quantitative estimate of drug-likeness (QED) is 0.816. The second-order valence-electron chi connectivity index (χ2n) is 3.38. The van der Waals surface area contributed by atoms with Crippen molar-refractivity contribution in [1.82, 2.24) is 4.90 Å². The average molecular weight is 235 g/mol. The summed E-state index contributed by atoms with van der Waals surface area (Å²) in [7, 11) is 0. The minimum atomic E-state index is -0.0547. The molecule has 16 heavy (non-hydrogen) atoms. The van der Waals surface area contributed by atoms with E-state index in [0.29, 0.717) is 18.8 Å². The summed E-state index contributed by atoms with van der Waals surface area (Å²) in [6, 6.07) is 7.44. The van der Waals surface area contributed by atoms with Crippen LogP contribution in [0.25, 0.3) is 0 Å². The molecule has 2 aromatic heterocycles. The van der Waals surface area contributed by atoms with Crippen LogP contribution in [0, 0.1) is 0 Å². The summed E-state index contributed by atoms with van der Waals surface area (Å²) in [6.45, 7) is 3.29. The lowest BCUT2D eigenvalue weighted by molar-refractivity contribution is 0.0722. The molecule has 0 aliphatic heterocycles. The molecule has 0 fully saturated rings. The first-order valence-corrected chi connectivity index (χ1v) is 6.04. The van der Waals surface area contributed by atoms with Crippen LogP contribution in [-0.4, -0.2) is 17.4 Å². The molecular weight excluding hydrogens is 222 g/mol. The first-order valence-electron chi connectivity index (χ1n) is 5.16. The van der Waals surface area contributed by atoms with Crippen molar-refractivity contribution in [3.8, 4) is 0 Å². The van der Waals surface area contributed by atoms with Crippen LogP contribution in [0.4, 0.5) is 0 Å². The Bertz CT molecular complexity index is 434.